The van der Waals surface area contributed by atoms with E-state index in [1.54, 1.807) is 24.5 Å². The zero-order valence-electron chi connectivity index (χ0n) is 16.4. The fraction of sp³-hybridized carbons (Fsp3) is 0.125. The Labute approximate surface area is 173 Å². The van der Waals surface area contributed by atoms with Crippen molar-refractivity contribution in [3.8, 4) is 0 Å². The number of fused-ring (bicyclic) bond motifs is 1. The average Bonchev–Trinajstić information content (AvgIpc) is 3.16. The van der Waals surface area contributed by atoms with Crippen molar-refractivity contribution in [3.63, 3.8) is 0 Å². The summed E-state index contributed by atoms with van der Waals surface area (Å²) in [5.41, 5.74) is 4.54. The summed E-state index contributed by atoms with van der Waals surface area (Å²) in [5.74, 6) is -1.06. The van der Waals surface area contributed by atoms with E-state index < -0.39 is 5.97 Å². The first-order valence-corrected chi connectivity index (χ1v) is 9.63. The third kappa shape index (κ3) is 3.93. The number of hydrogen-bond donors (Lipinski definition) is 2. The molecule has 0 aliphatic heterocycles. The molecule has 0 saturated heterocycles. The number of benzene rings is 3. The number of rotatable bonds is 6. The largest absolute Gasteiger partial charge is 0.481 e. The summed E-state index contributed by atoms with van der Waals surface area (Å²) in [6.45, 7) is 1.89. The topological polar surface area (TPSA) is 84.2 Å². The van der Waals surface area contributed by atoms with Crippen LogP contribution in [-0.2, 0) is 4.79 Å². The number of anilines is 1. The summed E-state index contributed by atoms with van der Waals surface area (Å²) >= 11 is 0. The highest BCUT2D eigenvalue weighted by atomic mass is 16.4. The second-order valence-corrected chi connectivity index (χ2v) is 7.15. The third-order valence-corrected chi connectivity index (χ3v) is 5.11. The number of aliphatic carboxylic acids is 1. The Morgan fingerprint density at radius 3 is 2.50 bits per heavy atom. The third-order valence-electron chi connectivity index (χ3n) is 5.11. The fourth-order valence-corrected chi connectivity index (χ4v) is 3.60. The van der Waals surface area contributed by atoms with Crippen LogP contribution in [0.2, 0.25) is 0 Å². The van der Waals surface area contributed by atoms with Gasteiger partial charge in [0, 0.05) is 11.3 Å². The standard InChI is InChI=1S/C24H21N3O3/c1-16-7-5-6-10-19(16)24(30)26-18-11-12-21-20(13-18)25-15-27(21)22(14-23(28)29)17-8-3-2-4-9-17/h2-13,15,22H,14H2,1H3,(H,26,30)(H,28,29). The first-order valence-electron chi connectivity index (χ1n) is 9.63. The number of imidazole rings is 1. The maximum Gasteiger partial charge on any atom is 0.305 e. The quantitative estimate of drug-likeness (QED) is 0.494. The molecule has 2 N–H and O–H groups in total. The number of hydrogen-bond acceptors (Lipinski definition) is 3. The molecule has 1 amide bonds. The van der Waals surface area contributed by atoms with Crippen molar-refractivity contribution in [1.82, 2.24) is 9.55 Å². The van der Waals surface area contributed by atoms with Gasteiger partial charge < -0.3 is 15.0 Å². The van der Waals surface area contributed by atoms with E-state index in [1.807, 2.05) is 66.1 Å². The van der Waals surface area contributed by atoms with Gasteiger partial charge in [0.15, 0.2) is 0 Å². The number of aryl methyl sites for hydroxylation is 1. The molecule has 30 heavy (non-hydrogen) atoms. The lowest BCUT2D eigenvalue weighted by Gasteiger charge is -2.18. The molecule has 1 heterocycles. The predicted molar refractivity (Wildman–Crippen MR) is 116 cm³/mol. The fourth-order valence-electron chi connectivity index (χ4n) is 3.60. The molecule has 4 rings (SSSR count). The lowest BCUT2D eigenvalue weighted by atomic mass is 10.0. The van der Waals surface area contributed by atoms with Crippen LogP contribution in [0.4, 0.5) is 5.69 Å². The Bertz CT molecular complexity index is 1210. The van der Waals surface area contributed by atoms with Crippen LogP contribution in [0.1, 0.15) is 33.9 Å². The highest BCUT2D eigenvalue weighted by molar-refractivity contribution is 6.05. The van der Waals surface area contributed by atoms with Gasteiger partial charge in [0.05, 0.1) is 29.8 Å². The van der Waals surface area contributed by atoms with Gasteiger partial charge in [-0.2, -0.15) is 0 Å². The van der Waals surface area contributed by atoms with Crippen LogP contribution in [0.3, 0.4) is 0 Å². The summed E-state index contributed by atoms with van der Waals surface area (Å²) in [6, 6.07) is 22.0. The van der Waals surface area contributed by atoms with Crippen LogP contribution >= 0.6 is 0 Å². The maximum atomic E-state index is 12.6. The monoisotopic (exact) mass is 399 g/mol. The minimum atomic E-state index is -0.882. The Morgan fingerprint density at radius 1 is 1.03 bits per heavy atom. The number of carbonyl (C=O) groups is 2. The first-order chi connectivity index (χ1) is 14.5. The average molecular weight is 399 g/mol. The summed E-state index contributed by atoms with van der Waals surface area (Å²) < 4.78 is 1.87. The molecule has 4 aromatic rings. The van der Waals surface area contributed by atoms with E-state index in [9.17, 15) is 14.7 Å². The number of nitrogens with zero attached hydrogens (tertiary/aromatic N) is 2. The molecule has 0 bridgehead atoms. The van der Waals surface area contributed by atoms with E-state index >= 15 is 0 Å². The molecule has 150 valence electrons. The Morgan fingerprint density at radius 2 is 1.77 bits per heavy atom. The molecular weight excluding hydrogens is 378 g/mol. The normalized spacial score (nSPS) is 11.9. The number of carbonyl (C=O) groups excluding carboxylic acids is 1. The summed E-state index contributed by atoms with van der Waals surface area (Å²) in [5, 5.41) is 12.3. The van der Waals surface area contributed by atoms with Crippen molar-refractivity contribution >= 4 is 28.6 Å². The van der Waals surface area contributed by atoms with Crippen LogP contribution in [-0.4, -0.2) is 26.5 Å². The van der Waals surface area contributed by atoms with Gasteiger partial charge in [0.2, 0.25) is 0 Å². The zero-order valence-corrected chi connectivity index (χ0v) is 16.4. The smallest absolute Gasteiger partial charge is 0.305 e. The Kier molecular flexibility index (Phi) is 5.30. The van der Waals surface area contributed by atoms with Crippen molar-refractivity contribution in [2.45, 2.75) is 19.4 Å². The minimum Gasteiger partial charge on any atom is -0.481 e. The lowest BCUT2D eigenvalue weighted by Crippen LogP contribution is -2.14. The van der Waals surface area contributed by atoms with Crippen molar-refractivity contribution in [2.75, 3.05) is 5.32 Å². The number of aromatic nitrogens is 2. The van der Waals surface area contributed by atoms with Crippen LogP contribution in [0.25, 0.3) is 11.0 Å². The van der Waals surface area contributed by atoms with Gasteiger partial charge in [-0.25, -0.2) is 4.98 Å². The van der Waals surface area contributed by atoms with Gasteiger partial charge in [-0.1, -0.05) is 48.5 Å². The van der Waals surface area contributed by atoms with E-state index in [0.717, 1.165) is 16.6 Å². The lowest BCUT2D eigenvalue weighted by molar-refractivity contribution is -0.137. The predicted octanol–water partition coefficient (Wildman–Crippen LogP) is 4.66. The molecule has 0 aliphatic carbocycles. The van der Waals surface area contributed by atoms with Gasteiger partial charge in [-0.05, 0) is 42.3 Å². The Balaban J connectivity index is 1.65. The van der Waals surface area contributed by atoms with Crippen LogP contribution in [0.5, 0.6) is 0 Å². The summed E-state index contributed by atoms with van der Waals surface area (Å²) in [6.07, 6.45) is 1.60. The zero-order chi connectivity index (χ0) is 21.1. The SMILES string of the molecule is Cc1ccccc1C(=O)Nc1ccc2c(c1)ncn2C(CC(=O)O)c1ccccc1. The van der Waals surface area contributed by atoms with Gasteiger partial charge in [0.25, 0.3) is 5.91 Å². The van der Waals surface area contributed by atoms with E-state index in [4.69, 9.17) is 0 Å². The van der Waals surface area contributed by atoms with Crippen LogP contribution < -0.4 is 5.32 Å². The molecule has 3 aromatic carbocycles. The Hall–Kier alpha value is -3.93. The molecule has 1 unspecified atom stereocenters. The van der Waals surface area contributed by atoms with Crippen LogP contribution in [0.15, 0.2) is 79.1 Å². The van der Waals surface area contributed by atoms with Gasteiger partial charge in [-0.3, -0.25) is 9.59 Å². The summed E-state index contributed by atoms with van der Waals surface area (Å²) in [4.78, 5) is 28.5. The van der Waals surface area contributed by atoms with Crippen molar-refractivity contribution < 1.29 is 14.7 Å². The summed E-state index contributed by atoms with van der Waals surface area (Å²) in [7, 11) is 0. The molecule has 6 nitrogen and oxygen atoms in total. The van der Waals surface area contributed by atoms with E-state index in [-0.39, 0.29) is 18.4 Å². The van der Waals surface area contributed by atoms with E-state index in [1.165, 1.54) is 0 Å². The van der Waals surface area contributed by atoms with Gasteiger partial charge >= 0.3 is 5.97 Å². The van der Waals surface area contributed by atoms with Gasteiger partial charge in [-0.15, -0.1) is 0 Å². The van der Waals surface area contributed by atoms with Crippen molar-refractivity contribution in [1.29, 1.82) is 0 Å². The van der Waals surface area contributed by atoms with Gasteiger partial charge in [0.1, 0.15) is 0 Å². The van der Waals surface area contributed by atoms with Crippen molar-refractivity contribution in [2.24, 2.45) is 0 Å². The first kappa shape index (κ1) is 19.4. The molecule has 0 aliphatic rings. The number of amides is 1. The molecule has 1 aromatic heterocycles. The number of nitrogens with one attached hydrogen (secondary N) is 1. The molecule has 1 atom stereocenters. The second kappa shape index (κ2) is 8.21. The number of carboxylic acid groups (broad SMARTS) is 1. The number of carboxylic acids is 1. The highest BCUT2D eigenvalue weighted by Crippen LogP contribution is 2.28. The highest BCUT2D eigenvalue weighted by Gasteiger charge is 2.20. The molecule has 0 saturated carbocycles. The minimum absolute atomic E-state index is 0.0543. The van der Waals surface area contributed by atoms with E-state index in [2.05, 4.69) is 10.3 Å². The van der Waals surface area contributed by atoms with Crippen LogP contribution in [0, 0.1) is 6.92 Å². The molecule has 0 fully saturated rings. The molecular formula is C24H21N3O3. The molecule has 6 heteroatoms. The second-order valence-electron chi connectivity index (χ2n) is 7.15. The van der Waals surface area contributed by atoms with E-state index in [0.29, 0.717) is 16.8 Å². The maximum absolute atomic E-state index is 12.6. The van der Waals surface area contributed by atoms with Crippen molar-refractivity contribution in [3.05, 3.63) is 95.8 Å². The molecule has 0 spiro atoms. The molecule has 0 radical (unpaired) electrons.